The number of aryl methyl sites for hydroxylation is 1. The van der Waals surface area contributed by atoms with Crippen LogP contribution in [0.5, 0.6) is 0 Å². The molecule has 1 aromatic rings. The summed E-state index contributed by atoms with van der Waals surface area (Å²) in [6.07, 6.45) is 7.86. The van der Waals surface area contributed by atoms with Crippen molar-refractivity contribution in [2.75, 3.05) is 13.1 Å². The summed E-state index contributed by atoms with van der Waals surface area (Å²) >= 11 is 0. The summed E-state index contributed by atoms with van der Waals surface area (Å²) < 4.78 is 0. The van der Waals surface area contributed by atoms with Crippen molar-refractivity contribution >= 4 is 5.84 Å². The van der Waals surface area contributed by atoms with Gasteiger partial charge in [-0.05, 0) is 57.0 Å². The van der Waals surface area contributed by atoms with Crippen LogP contribution in [0.4, 0.5) is 0 Å². The van der Waals surface area contributed by atoms with Crippen LogP contribution in [0, 0.1) is 6.92 Å². The maximum atomic E-state index is 4.95. The first-order valence-corrected chi connectivity index (χ1v) is 9.01. The smallest absolute Gasteiger partial charge is 0.128 e. The van der Waals surface area contributed by atoms with Crippen LogP contribution in [-0.4, -0.2) is 24.5 Å². The van der Waals surface area contributed by atoms with E-state index in [0.717, 1.165) is 49.7 Å². The molecule has 2 aliphatic heterocycles. The first kappa shape index (κ1) is 17.5. The lowest BCUT2D eigenvalue weighted by Crippen LogP contribution is -2.62. The molecule has 2 heterocycles. The van der Waals surface area contributed by atoms with Gasteiger partial charge in [0.05, 0.1) is 16.9 Å². The Morgan fingerprint density at radius 2 is 2.00 bits per heavy atom. The Labute approximate surface area is 150 Å². The predicted molar refractivity (Wildman–Crippen MR) is 105 cm³/mol. The van der Waals surface area contributed by atoms with Gasteiger partial charge in [0.15, 0.2) is 0 Å². The summed E-state index contributed by atoms with van der Waals surface area (Å²) in [6, 6.07) is 8.50. The molecule has 1 spiro atoms. The fourth-order valence-corrected chi connectivity index (χ4v) is 3.48. The maximum absolute atomic E-state index is 4.95. The van der Waals surface area contributed by atoms with Crippen LogP contribution < -0.4 is 16.0 Å². The van der Waals surface area contributed by atoms with Crippen molar-refractivity contribution in [1.29, 1.82) is 0 Å². The molecule has 1 saturated heterocycles. The van der Waals surface area contributed by atoms with Gasteiger partial charge in [-0.1, -0.05) is 43.0 Å². The molecule has 0 bridgehead atoms. The molecule has 3 rings (SSSR count). The second-order valence-electron chi connectivity index (χ2n) is 6.79. The third kappa shape index (κ3) is 3.85. The highest BCUT2D eigenvalue weighted by atomic mass is 15.2. The number of nitrogens with one attached hydrogen (secondary N) is 3. The fourth-order valence-electron chi connectivity index (χ4n) is 3.48. The monoisotopic (exact) mass is 336 g/mol. The molecule has 132 valence electrons. The second kappa shape index (κ2) is 7.70. The molecule has 0 radical (unpaired) electrons. The van der Waals surface area contributed by atoms with Crippen molar-refractivity contribution in [2.24, 2.45) is 4.99 Å². The van der Waals surface area contributed by atoms with Gasteiger partial charge in [-0.3, -0.25) is 0 Å². The van der Waals surface area contributed by atoms with Gasteiger partial charge in [0, 0.05) is 6.54 Å². The summed E-state index contributed by atoms with van der Waals surface area (Å²) in [5, 5.41) is 10.8. The van der Waals surface area contributed by atoms with E-state index in [-0.39, 0.29) is 5.54 Å². The molecule has 0 atom stereocenters. The zero-order valence-corrected chi connectivity index (χ0v) is 15.2. The molecule has 3 N–H and O–H groups in total. The standard InChI is InChI=1S/C21H28N4/c1-4-5-10-19-17(3)24-20(21(25-19)11-13-22-14-12-21)23-15-18-9-7-6-8-16(18)2/h4-10,22,25H,1,11-15H2,2-3H3,(H,23,24)/b10-5-. The number of allylic oxidation sites excluding steroid dienone is 4. The number of hydrogen-bond acceptors (Lipinski definition) is 4. The Kier molecular flexibility index (Phi) is 5.39. The third-order valence-corrected chi connectivity index (χ3v) is 5.06. The Hall–Kier alpha value is -2.33. The Balaban J connectivity index is 1.86. The normalized spacial score (nSPS) is 19.7. The van der Waals surface area contributed by atoms with Gasteiger partial charge in [-0.2, -0.15) is 0 Å². The highest BCUT2D eigenvalue weighted by molar-refractivity contribution is 5.94. The predicted octanol–water partition coefficient (Wildman–Crippen LogP) is 3.18. The molecule has 2 aliphatic rings. The molecule has 1 aromatic carbocycles. The van der Waals surface area contributed by atoms with Crippen molar-refractivity contribution in [2.45, 2.75) is 38.8 Å². The Morgan fingerprint density at radius 1 is 1.24 bits per heavy atom. The molecule has 0 amide bonds. The molecule has 0 saturated carbocycles. The van der Waals surface area contributed by atoms with Gasteiger partial charge in [-0.25, -0.2) is 4.99 Å². The molecular formula is C21H28N4. The zero-order chi connectivity index (χ0) is 17.7. The number of rotatable bonds is 4. The van der Waals surface area contributed by atoms with Gasteiger partial charge in [0.1, 0.15) is 5.84 Å². The lowest BCUT2D eigenvalue weighted by atomic mass is 9.85. The van der Waals surface area contributed by atoms with Crippen LogP contribution in [0.25, 0.3) is 0 Å². The first-order valence-electron chi connectivity index (χ1n) is 9.01. The molecule has 4 nitrogen and oxygen atoms in total. The zero-order valence-electron chi connectivity index (χ0n) is 15.2. The minimum atomic E-state index is -0.117. The minimum absolute atomic E-state index is 0.117. The lowest BCUT2D eigenvalue weighted by Gasteiger charge is -2.43. The van der Waals surface area contributed by atoms with Gasteiger partial charge < -0.3 is 16.0 Å². The van der Waals surface area contributed by atoms with Gasteiger partial charge in [0.25, 0.3) is 0 Å². The van der Waals surface area contributed by atoms with E-state index in [1.165, 1.54) is 11.1 Å². The summed E-state index contributed by atoms with van der Waals surface area (Å²) in [5.41, 5.74) is 4.60. The van der Waals surface area contributed by atoms with E-state index >= 15 is 0 Å². The van der Waals surface area contributed by atoms with E-state index in [1.54, 1.807) is 6.08 Å². The lowest BCUT2D eigenvalue weighted by molar-refractivity contribution is 0.337. The molecule has 0 unspecified atom stereocenters. The molecule has 0 aliphatic carbocycles. The summed E-state index contributed by atoms with van der Waals surface area (Å²) in [6.45, 7) is 10.8. The fraction of sp³-hybridized carbons (Fsp3) is 0.381. The van der Waals surface area contributed by atoms with E-state index in [2.05, 4.69) is 66.7 Å². The number of hydrogen-bond donors (Lipinski definition) is 3. The SMILES string of the molecule is C=C/C=C\C1=C(C)N=C(NCc2ccccc2C)C2(CCNCC2)N1. The van der Waals surface area contributed by atoms with E-state index in [9.17, 15) is 0 Å². The highest BCUT2D eigenvalue weighted by Crippen LogP contribution is 2.27. The number of nitrogens with zero attached hydrogens (tertiary/aromatic N) is 1. The quantitative estimate of drug-likeness (QED) is 0.740. The minimum Gasteiger partial charge on any atom is -0.371 e. The van der Waals surface area contributed by atoms with E-state index in [4.69, 9.17) is 4.99 Å². The van der Waals surface area contributed by atoms with Crippen LogP contribution >= 0.6 is 0 Å². The molecular weight excluding hydrogens is 308 g/mol. The average Bonchev–Trinajstić information content (AvgIpc) is 2.63. The van der Waals surface area contributed by atoms with Gasteiger partial charge >= 0.3 is 0 Å². The number of aliphatic imine (C=N–C) groups is 1. The van der Waals surface area contributed by atoms with E-state index < -0.39 is 0 Å². The number of piperidine rings is 1. The van der Waals surface area contributed by atoms with Crippen molar-refractivity contribution in [3.63, 3.8) is 0 Å². The van der Waals surface area contributed by atoms with Crippen molar-refractivity contribution in [1.82, 2.24) is 16.0 Å². The topological polar surface area (TPSA) is 48.5 Å². The second-order valence-corrected chi connectivity index (χ2v) is 6.79. The van der Waals surface area contributed by atoms with Crippen LogP contribution in [0.1, 0.15) is 30.9 Å². The van der Waals surface area contributed by atoms with Crippen LogP contribution in [-0.2, 0) is 6.54 Å². The van der Waals surface area contributed by atoms with Crippen molar-refractivity contribution < 1.29 is 0 Å². The molecule has 1 fully saturated rings. The van der Waals surface area contributed by atoms with Gasteiger partial charge in [-0.15, -0.1) is 0 Å². The van der Waals surface area contributed by atoms with E-state index in [1.807, 2.05) is 6.08 Å². The average molecular weight is 336 g/mol. The number of amidine groups is 1. The van der Waals surface area contributed by atoms with Gasteiger partial charge in [0.2, 0.25) is 0 Å². The first-order chi connectivity index (χ1) is 12.1. The Morgan fingerprint density at radius 3 is 2.72 bits per heavy atom. The largest absolute Gasteiger partial charge is 0.371 e. The molecule has 0 aromatic heterocycles. The van der Waals surface area contributed by atoms with Crippen LogP contribution in [0.15, 0.2) is 65.5 Å². The summed E-state index contributed by atoms with van der Waals surface area (Å²) in [4.78, 5) is 4.95. The van der Waals surface area contributed by atoms with Crippen molar-refractivity contribution in [3.05, 3.63) is 71.6 Å². The highest BCUT2D eigenvalue weighted by Gasteiger charge is 2.40. The molecule has 25 heavy (non-hydrogen) atoms. The van der Waals surface area contributed by atoms with Crippen molar-refractivity contribution in [3.8, 4) is 0 Å². The summed E-state index contributed by atoms with van der Waals surface area (Å²) in [5.74, 6) is 1.06. The van der Waals surface area contributed by atoms with Crippen LogP contribution in [0.3, 0.4) is 0 Å². The Bertz CT molecular complexity index is 721. The summed E-state index contributed by atoms with van der Waals surface area (Å²) in [7, 11) is 0. The van der Waals surface area contributed by atoms with Crippen LogP contribution in [0.2, 0.25) is 0 Å². The molecule has 4 heteroatoms. The maximum Gasteiger partial charge on any atom is 0.128 e. The third-order valence-electron chi connectivity index (χ3n) is 5.06. The van der Waals surface area contributed by atoms with E-state index in [0.29, 0.717) is 0 Å². The number of benzene rings is 1.